The van der Waals surface area contributed by atoms with Crippen molar-refractivity contribution < 1.29 is 4.74 Å². The van der Waals surface area contributed by atoms with Crippen LogP contribution in [-0.4, -0.2) is 39.7 Å². The van der Waals surface area contributed by atoms with E-state index < -0.39 is 0 Å². The van der Waals surface area contributed by atoms with E-state index in [9.17, 15) is 4.79 Å². The lowest BCUT2D eigenvalue weighted by Gasteiger charge is -2.36. The van der Waals surface area contributed by atoms with E-state index in [0.717, 1.165) is 38.2 Å². The Morgan fingerprint density at radius 3 is 2.58 bits per heavy atom. The first-order chi connectivity index (χ1) is 15.2. The van der Waals surface area contributed by atoms with Crippen molar-refractivity contribution in [3.8, 4) is 11.4 Å². The third-order valence-corrected chi connectivity index (χ3v) is 6.17. The molecule has 1 saturated heterocycles. The minimum Gasteiger partial charge on any atom is -0.495 e. The normalized spacial score (nSPS) is 15.8. The van der Waals surface area contributed by atoms with E-state index in [4.69, 9.17) is 14.7 Å². The van der Waals surface area contributed by atoms with Crippen molar-refractivity contribution in [2.45, 2.75) is 24.7 Å². The molecule has 0 bridgehead atoms. The van der Waals surface area contributed by atoms with Gasteiger partial charge in [0.05, 0.1) is 19.0 Å². The summed E-state index contributed by atoms with van der Waals surface area (Å²) in [6.45, 7) is 1.83. The Labute approximate surface area is 180 Å². The molecule has 0 saturated carbocycles. The molecule has 4 aromatic rings. The standard InChI is InChI=1S/C24H25N5O2/c1-31-20-10-6-5-9-19(20)29-21-18(27-23(29)30)16-26-22(28-21)24(11-13-25-14-12-24)15-17-7-3-2-4-8-17/h2-10,16,25H,11-15H2,1H3,(H,27,30). The summed E-state index contributed by atoms with van der Waals surface area (Å²) in [6, 6.07) is 18.0. The van der Waals surface area contributed by atoms with Gasteiger partial charge in [0.15, 0.2) is 5.65 Å². The highest BCUT2D eigenvalue weighted by Gasteiger charge is 2.37. The zero-order valence-corrected chi connectivity index (χ0v) is 17.5. The van der Waals surface area contributed by atoms with E-state index in [2.05, 4.69) is 34.6 Å². The fourth-order valence-corrected chi connectivity index (χ4v) is 4.56. The highest BCUT2D eigenvalue weighted by atomic mass is 16.5. The first kappa shape index (κ1) is 19.5. The predicted octanol–water partition coefficient (Wildman–Crippen LogP) is 2.98. The zero-order chi connectivity index (χ0) is 21.3. The molecule has 7 nitrogen and oxygen atoms in total. The maximum atomic E-state index is 12.8. The number of nitrogens with one attached hydrogen (secondary N) is 2. The van der Waals surface area contributed by atoms with Gasteiger partial charge in [0, 0.05) is 5.41 Å². The molecule has 31 heavy (non-hydrogen) atoms. The van der Waals surface area contributed by atoms with Crippen LogP contribution in [0.1, 0.15) is 24.2 Å². The van der Waals surface area contributed by atoms with E-state index in [1.165, 1.54) is 5.56 Å². The molecule has 0 unspecified atom stereocenters. The summed E-state index contributed by atoms with van der Waals surface area (Å²) < 4.78 is 7.07. The number of benzene rings is 2. The number of imidazole rings is 1. The number of hydrogen-bond donors (Lipinski definition) is 2. The molecule has 0 aliphatic carbocycles. The highest BCUT2D eigenvalue weighted by molar-refractivity contribution is 5.73. The minimum absolute atomic E-state index is 0.181. The molecule has 1 aliphatic heterocycles. The van der Waals surface area contributed by atoms with Gasteiger partial charge >= 0.3 is 5.69 Å². The van der Waals surface area contributed by atoms with Gasteiger partial charge in [-0.05, 0) is 50.0 Å². The number of aromatic nitrogens is 4. The van der Waals surface area contributed by atoms with Crippen LogP contribution in [0.5, 0.6) is 5.75 Å². The van der Waals surface area contributed by atoms with Gasteiger partial charge < -0.3 is 15.0 Å². The third-order valence-electron chi connectivity index (χ3n) is 6.17. The molecule has 2 aromatic heterocycles. The molecule has 158 valence electrons. The molecule has 2 N–H and O–H groups in total. The van der Waals surface area contributed by atoms with Crippen molar-refractivity contribution in [1.29, 1.82) is 0 Å². The minimum atomic E-state index is -0.256. The number of hydrogen-bond acceptors (Lipinski definition) is 5. The van der Waals surface area contributed by atoms with E-state index in [1.807, 2.05) is 30.3 Å². The number of fused-ring (bicyclic) bond motifs is 1. The highest BCUT2D eigenvalue weighted by Crippen LogP contribution is 2.35. The van der Waals surface area contributed by atoms with Crippen LogP contribution >= 0.6 is 0 Å². The summed E-state index contributed by atoms with van der Waals surface area (Å²) in [5.74, 6) is 1.40. The van der Waals surface area contributed by atoms with Gasteiger partial charge in [-0.25, -0.2) is 19.3 Å². The van der Waals surface area contributed by atoms with Gasteiger partial charge in [-0.2, -0.15) is 0 Å². The Hall–Kier alpha value is -3.45. The maximum Gasteiger partial charge on any atom is 0.332 e. The number of nitrogens with zero attached hydrogens (tertiary/aromatic N) is 3. The van der Waals surface area contributed by atoms with Crippen LogP contribution in [0.2, 0.25) is 0 Å². The average Bonchev–Trinajstić information content (AvgIpc) is 3.15. The van der Waals surface area contributed by atoms with Crippen molar-refractivity contribution in [3.05, 3.63) is 82.7 Å². The van der Waals surface area contributed by atoms with Gasteiger partial charge in [0.2, 0.25) is 0 Å². The summed E-state index contributed by atoms with van der Waals surface area (Å²) >= 11 is 0. The van der Waals surface area contributed by atoms with Gasteiger partial charge in [0.1, 0.15) is 17.1 Å². The van der Waals surface area contributed by atoms with Gasteiger partial charge in [-0.3, -0.25) is 0 Å². The molecule has 0 amide bonds. The van der Waals surface area contributed by atoms with Gasteiger partial charge in [0.25, 0.3) is 0 Å². The smallest absolute Gasteiger partial charge is 0.332 e. The molecule has 0 spiro atoms. The van der Waals surface area contributed by atoms with Crippen molar-refractivity contribution in [2.24, 2.45) is 0 Å². The lowest BCUT2D eigenvalue weighted by molar-refractivity contribution is 0.290. The molecule has 3 heterocycles. The lowest BCUT2D eigenvalue weighted by atomic mass is 9.73. The Balaban J connectivity index is 1.67. The predicted molar refractivity (Wildman–Crippen MR) is 120 cm³/mol. The first-order valence-corrected chi connectivity index (χ1v) is 10.6. The molecule has 0 radical (unpaired) electrons. The van der Waals surface area contributed by atoms with Crippen LogP contribution in [-0.2, 0) is 11.8 Å². The number of methoxy groups -OCH3 is 1. The fourth-order valence-electron chi connectivity index (χ4n) is 4.56. The fraction of sp³-hybridized carbons (Fsp3) is 0.292. The summed E-state index contributed by atoms with van der Waals surface area (Å²) in [6.07, 6.45) is 4.48. The van der Waals surface area contributed by atoms with Crippen LogP contribution in [0.25, 0.3) is 16.9 Å². The second-order valence-electron chi connectivity index (χ2n) is 8.06. The second kappa shape index (κ2) is 8.00. The number of aromatic amines is 1. The number of rotatable bonds is 5. The maximum absolute atomic E-state index is 12.8. The Morgan fingerprint density at radius 2 is 1.81 bits per heavy atom. The Morgan fingerprint density at radius 1 is 1.06 bits per heavy atom. The number of H-pyrrole nitrogens is 1. The topological polar surface area (TPSA) is 84.8 Å². The molecule has 0 atom stereocenters. The molecule has 5 rings (SSSR count). The van der Waals surface area contributed by atoms with Crippen molar-refractivity contribution in [1.82, 2.24) is 24.8 Å². The van der Waals surface area contributed by atoms with Gasteiger partial charge in [-0.15, -0.1) is 0 Å². The van der Waals surface area contributed by atoms with Gasteiger partial charge in [-0.1, -0.05) is 42.5 Å². The van der Waals surface area contributed by atoms with E-state index in [1.54, 1.807) is 17.9 Å². The summed E-state index contributed by atoms with van der Waals surface area (Å²) in [5, 5.41) is 3.46. The summed E-state index contributed by atoms with van der Waals surface area (Å²) in [4.78, 5) is 25.4. The number of ether oxygens (including phenoxy) is 1. The van der Waals surface area contributed by atoms with Crippen LogP contribution < -0.4 is 15.7 Å². The van der Waals surface area contributed by atoms with Crippen LogP contribution in [0, 0.1) is 0 Å². The quantitative estimate of drug-likeness (QED) is 0.524. The molecular formula is C24H25N5O2. The largest absolute Gasteiger partial charge is 0.495 e. The van der Waals surface area contributed by atoms with E-state index >= 15 is 0 Å². The average molecular weight is 415 g/mol. The summed E-state index contributed by atoms with van der Waals surface area (Å²) in [5.41, 5.74) is 2.68. The molecule has 2 aromatic carbocycles. The monoisotopic (exact) mass is 415 g/mol. The number of piperidine rings is 1. The zero-order valence-electron chi connectivity index (χ0n) is 17.5. The Kier molecular flexibility index (Phi) is 5.03. The van der Waals surface area contributed by atoms with Crippen molar-refractivity contribution in [3.63, 3.8) is 0 Å². The number of para-hydroxylation sites is 2. The second-order valence-corrected chi connectivity index (χ2v) is 8.06. The SMILES string of the molecule is COc1ccccc1-n1c(=O)[nH]c2cnc(C3(Cc4ccccc4)CCNCC3)nc21. The van der Waals surface area contributed by atoms with Crippen molar-refractivity contribution >= 4 is 11.2 Å². The summed E-state index contributed by atoms with van der Waals surface area (Å²) in [7, 11) is 1.60. The molecular weight excluding hydrogens is 390 g/mol. The van der Waals surface area contributed by atoms with Crippen LogP contribution in [0.15, 0.2) is 65.6 Å². The van der Waals surface area contributed by atoms with E-state index in [-0.39, 0.29) is 11.1 Å². The van der Waals surface area contributed by atoms with Crippen LogP contribution in [0.3, 0.4) is 0 Å². The van der Waals surface area contributed by atoms with E-state index in [0.29, 0.717) is 22.6 Å². The molecule has 1 aliphatic rings. The molecule has 7 heteroatoms. The van der Waals surface area contributed by atoms with Crippen LogP contribution in [0.4, 0.5) is 0 Å². The van der Waals surface area contributed by atoms with Crippen molar-refractivity contribution in [2.75, 3.05) is 20.2 Å². The lowest BCUT2D eigenvalue weighted by Crippen LogP contribution is -2.42. The first-order valence-electron chi connectivity index (χ1n) is 10.6. The molecule has 1 fully saturated rings. The third kappa shape index (κ3) is 3.51. The Bertz CT molecular complexity index is 1260.